The van der Waals surface area contributed by atoms with Crippen LogP contribution in [0, 0.1) is 0 Å². The van der Waals surface area contributed by atoms with Crippen molar-refractivity contribution in [2.24, 2.45) is 4.99 Å². The first-order valence-electron chi connectivity index (χ1n) is 12.8. The van der Waals surface area contributed by atoms with Crippen LogP contribution in [0.1, 0.15) is 11.0 Å². The number of nitrogens with zero attached hydrogens (tertiary/aromatic N) is 3. The van der Waals surface area contributed by atoms with E-state index in [1.165, 1.54) is 4.90 Å². The third kappa shape index (κ3) is 8.22. The second-order valence-electron chi connectivity index (χ2n) is 7.40. The Labute approximate surface area is 214 Å². The molecular weight excluding hydrogens is 470 g/mol. The molecule has 2 aromatic rings. The van der Waals surface area contributed by atoms with E-state index in [0.29, 0.717) is 18.7 Å². The summed E-state index contributed by atoms with van der Waals surface area (Å²) in [6.45, 7) is -2.25. The average molecular weight is 504 g/mol. The highest BCUT2D eigenvalue weighted by Crippen LogP contribution is 2.40. The lowest BCUT2D eigenvalue weighted by Gasteiger charge is -2.36. The number of aliphatic hydroxyl groups is 1. The van der Waals surface area contributed by atoms with Crippen molar-refractivity contribution < 1.29 is 35.1 Å². The van der Waals surface area contributed by atoms with Crippen molar-refractivity contribution >= 4 is 35.2 Å². The molecule has 9 nitrogen and oxygen atoms in total. The van der Waals surface area contributed by atoms with Gasteiger partial charge in [0.2, 0.25) is 0 Å². The third-order valence-electron chi connectivity index (χ3n) is 5.11. The van der Waals surface area contributed by atoms with E-state index in [9.17, 15) is 14.7 Å². The summed E-state index contributed by atoms with van der Waals surface area (Å²) in [5.74, 6) is -1.55. The van der Waals surface area contributed by atoms with Crippen LogP contribution in [0.25, 0.3) is 0 Å². The molecule has 2 heterocycles. The minimum atomic E-state index is -3.04. The van der Waals surface area contributed by atoms with Crippen LogP contribution in [-0.2, 0) is 14.3 Å². The molecule has 0 aromatic heterocycles. The van der Waals surface area contributed by atoms with E-state index in [0.717, 1.165) is 48.2 Å². The van der Waals surface area contributed by atoms with E-state index in [2.05, 4.69) is 28.0 Å². The van der Waals surface area contributed by atoms with Crippen molar-refractivity contribution in [3.05, 3.63) is 66.2 Å². The summed E-state index contributed by atoms with van der Waals surface area (Å²) in [5.41, 5.74) is 2.09. The number of amidine groups is 1. The van der Waals surface area contributed by atoms with Gasteiger partial charge < -0.3 is 25.0 Å². The standard InChI is InChI=1S/C21H25N3O2S.C4H4O4/c25-14-16-26-15-13-23-9-11-24(12-10-23)21-17-5-1-3-7-19(17)27-20-8-4-2-6-18(20)22-21;5-3(6)1-2-4(7)8/h1-8,25H,9-16H2;1-2H,(H,5,6)(H,7,8)/i14D2,16D2;. The number of ether oxygens (including phenoxy) is 1. The fourth-order valence-corrected chi connectivity index (χ4v) is 4.51. The second-order valence-corrected chi connectivity index (χ2v) is 8.49. The highest BCUT2D eigenvalue weighted by molar-refractivity contribution is 7.99. The van der Waals surface area contributed by atoms with Gasteiger partial charge in [0.1, 0.15) is 5.84 Å². The van der Waals surface area contributed by atoms with Gasteiger partial charge in [-0.2, -0.15) is 0 Å². The van der Waals surface area contributed by atoms with Crippen LogP contribution in [0.3, 0.4) is 0 Å². The Morgan fingerprint density at radius 2 is 1.63 bits per heavy atom. The lowest BCUT2D eigenvalue weighted by atomic mass is 10.1. The van der Waals surface area contributed by atoms with E-state index in [-0.39, 0.29) is 6.61 Å². The summed E-state index contributed by atoms with van der Waals surface area (Å²) in [5, 5.41) is 24.9. The smallest absolute Gasteiger partial charge is 0.328 e. The van der Waals surface area contributed by atoms with Gasteiger partial charge >= 0.3 is 11.9 Å². The van der Waals surface area contributed by atoms with Crippen molar-refractivity contribution in [3.8, 4) is 0 Å². The Bertz CT molecular complexity index is 1210. The summed E-state index contributed by atoms with van der Waals surface area (Å²) in [7, 11) is 0. The summed E-state index contributed by atoms with van der Waals surface area (Å²) in [6.07, 6.45) is 1.12. The molecule has 0 aliphatic carbocycles. The SMILES string of the molecule is O=C(O)C=CC(=O)O.[2H]C([2H])(O)C([2H])([2H])OCCN1CCN(C2=Nc3ccccc3Sc3ccccc32)CC1. The highest BCUT2D eigenvalue weighted by atomic mass is 32.2. The molecule has 10 heteroatoms. The zero-order valence-corrected chi connectivity index (χ0v) is 19.6. The van der Waals surface area contributed by atoms with Crippen LogP contribution in [-0.4, -0.2) is 95.3 Å². The number of rotatable bonds is 7. The summed E-state index contributed by atoms with van der Waals surface area (Å²) >= 11 is 1.73. The first-order chi connectivity index (χ1) is 18.4. The van der Waals surface area contributed by atoms with Gasteiger partial charge in [0.25, 0.3) is 0 Å². The Morgan fingerprint density at radius 1 is 1.00 bits per heavy atom. The molecule has 2 aliphatic rings. The number of piperazine rings is 1. The van der Waals surface area contributed by atoms with E-state index >= 15 is 0 Å². The van der Waals surface area contributed by atoms with Crippen molar-refractivity contribution in [1.82, 2.24) is 9.80 Å². The second kappa shape index (κ2) is 13.6. The van der Waals surface area contributed by atoms with Crippen molar-refractivity contribution in [3.63, 3.8) is 0 Å². The van der Waals surface area contributed by atoms with E-state index in [1.54, 1.807) is 11.8 Å². The Balaban J connectivity index is 0.000000459. The van der Waals surface area contributed by atoms with E-state index in [1.807, 2.05) is 30.3 Å². The number of hydrogen-bond donors (Lipinski definition) is 3. The van der Waals surface area contributed by atoms with Crippen molar-refractivity contribution in [1.29, 1.82) is 0 Å². The molecule has 0 amide bonds. The number of aliphatic imine (C=N–C) groups is 1. The van der Waals surface area contributed by atoms with Gasteiger partial charge in [-0.15, -0.1) is 0 Å². The van der Waals surface area contributed by atoms with Crippen LogP contribution >= 0.6 is 11.8 Å². The van der Waals surface area contributed by atoms with Gasteiger partial charge in [0, 0.05) is 60.2 Å². The molecule has 1 fully saturated rings. The Morgan fingerprint density at radius 3 is 2.29 bits per heavy atom. The molecule has 0 radical (unpaired) electrons. The van der Waals surface area contributed by atoms with Crippen LogP contribution in [0.2, 0.25) is 0 Å². The van der Waals surface area contributed by atoms with Crippen molar-refractivity contribution in [2.45, 2.75) is 9.79 Å². The molecule has 1 saturated heterocycles. The maximum atomic E-state index is 9.55. The predicted octanol–water partition coefficient (Wildman–Crippen LogP) is 2.57. The quantitative estimate of drug-likeness (QED) is 0.489. The number of hydrogen-bond acceptors (Lipinski definition) is 8. The molecule has 0 spiro atoms. The highest BCUT2D eigenvalue weighted by Gasteiger charge is 2.24. The molecular formula is C25H29N3O6S. The lowest BCUT2D eigenvalue weighted by molar-refractivity contribution is -0.134. The largest absolute Gasteiger partial charge is 0.478 e. The molecule has 4 rings (SSSR count). The fourth-order valence-electron chi connectivity index (χ4n) is 3.49. The average Bonchev–Trinajstić information content (AvgIpc) is 3.04. The first kappa shape index (κ1) is 21.1. The van der Waals surface area contributed by atoms with Gasteiger partial charge in [0.05, 0.1) is 30.9 Å². The molecule has 186 valence electrons. The molecule has 0 bridgehead atoms. The fraction of sp³-hybridized carbons (Fsp3) is 0.320. The summed E-state index contributed by atoms with van der Waals surface area (Å²) in [4.78, 5) is 30.9. The number of carbonyl (C=O) groups is 2. The minimum absolute atomic E-state index is 0.000858. The van der Waals surface area contributed by atoms with Gasteiger partial charge in [0.15, 0.2) is 0 Å². The van der Waals surface area contributed by atoms with Gasteiger partial charge in [-0.3, -0.25) is 4.90 Å². The molecule has 3 N–H and O–H groups in total. The zero-order chi connectivity index (χ0) is 28.6. The van der Waals surface area contributed by atoms with Crippen molar-refractivity contribution in [2.75, 3.05) is 52.4 Å². The third-order valence-corrected chi connectivity index (χ3v) is 6.25. The lowest BCUT2D eigenvalue weighted by Crippen LogP contribution is -2.49. The van der Waals surface area contributed by atoms with Crippen LogP contribution in [0.5, 0.6) is 0 Å². The normalized spacial score (nSPS) is 17.9. The number of carboxylic acids is 2. The van der Waals surface area contributed by atoms with Gasteiger partial charge in [-0.25, -0.2) is 14.6 Å². The topological polar surface area (TPSA) is 123 Å². The molecule has 2 aromatic carbocycles. The minimum Gasteiger partial charge on any atom is -0.478 e. The molecule has 2 aliphatic heterocycles. The number of carboxylic acid groups (broad SMARTS) is 2. The summed E-state index contributed by atoms with van der Waals surface area (Å²) < 4.78 is 34.2. The van der Waals surface area contributed by atoms with Gasteiger partial charge in [-0.1, -0.05) is 42.1 Å². The van der Waals surface area contributed by atoms with Gasteiger partial charge in [-0.05, 0) is 18.2 Å². The Kier molecular flexibility index (Phi) is 8.24. The number of aliphatic carboxylic acids is 2. The molecule has 0 unspecified atom stereocenters. The van der Waals surface area contributed by atoms with Crippen LogP contribution in [0.4, 0.5) is 5.69 Å². The molecule has 35 heavy (non-hydrogen) atoms. The number of fused-ring (bicyclic) bond motifs is 2. The first-order valence-corrected chi connectivity index (χ1v) is 11.6. The Hall–Kier alpha value is -3.18. The number of benzene rings is 2. The zero-order valence-electron chi connectivity index (χ0n) is 22.8. The predicted molar refractivity (Wildman–Crippen MR) is 134 cm³/mol. The monoisotopic (exact) mass is 503 g/mol. The maximum absolute atomic E-state index is 9.55. The molecule has 0 saturated carbocycles. The van der Waals surface area contributed by atoms with Crippen LogP contribution in [0.15, 0.2) is 75.5 Å². The molecule has 0 atom stereocenters. The maximum Gasteiger partial charge on any atom is 0.328 e. The number of para-hydroxylation sites is 1. The summed E-state index contributed by atoms with van der Waals surface area (Å²) in [6, 6.07) is 16.5. The van der Waals surface area contributed by atoms with E-state index in [4.69, 9.17) is 25.4 Å². The van der Waals surface area contributed by atoms with Crippen LogP contribution < -0.4 is 0 Å². The van der Waals surface area contributed by atoms with E-state index < -0.39 is 25.1 Å².